The molecule has 0 aliphatic rings. The molecule has 0 saturated carbocycles. The molecule has 0 aliphatic carbocycles. The van der Waals surface area contributed by atoms with Crippen LogP contribution in [0.2, 0.25) is 0 Å². The molecule has 35 heavy (non-hydrogen) atoms. The normalized spacial score (nSPS) is 10.6. The number of anilines is 2. The molecule has 0 radical (unpaired) electrons. The molecule has 2 N–H and O–H groups in total. The number of carbonyl (C=O) groups excluding carboxylic acids is 2. The maximum Gasteiger partial charge on any atom is 0.338 e. The number of hydrogen-bond donors (Lipinski definition) is 2. The van der Waals surface area contributed by atoms with Gasteiger partial charge in [-0.2, -0.15) is 0 Å². The van der Waals surface area contributed by atoms with E-state index in [0.29, 0.717) is 40.8 Å². The number of nitrogens with zero attached hydrogens (tertiary/aromatic N) is 3. The van der Waals surface area contributed by atoms with E-state index in [0.717, 1.165) is 5.56 Å². The molecule has 4 aromatic rings. The maximum atomic E-state index is 12.9. The van der Waals surface area contributed by atoms with Crippen molar-refractivity contribution in [3.63, 3.8) is 0 Å². The number of amides is 1. The van der Waals surface area contributed by atoms with Crippen molar-refractivity contribution < 1.29 is 23.8 Å². The predicted molar refractivity (Wildman–Crippen MR) is 130 cm³/mol. The summed E-state index contributed by atoms with van der Waals surface area (Å²) in [6, 6.07) is 15.7. The Labute approximate surface area is 201 Å². The maximum absolute atomic E-state index is 12.9. The Morgan fingerprint density at radius 1 is 1.00 bits per heavy atom. The first-order valence-electron chi connectivity index (χ1n) is 10.9. The lowest BCUT2D eigenvalue weighted by Gasteiger charge is -2.11. The zero-order chi connectivity index (χ0) is 24.8. The summed E-state index contributed by atoms with van der Waals surface area (Å²) in [4.78, 5) is 29.2. The summed E-state index contributed by atoms with van der Waals surface area (Å²) >= 11 is 0. The zero-order valence-electron chi connectivity index (χ0n) is 19.6. The van der Waals surface area contributed by atoms with Crippen molar-refractivity contribution in [1.82, 2.24) is 14.6 Å². The molecule has 0 spiro atoms. The summed E-state index contributed by atoms with van der Waals surface area (Å²) in [6.45, 7) is 2.49. The quantitative estimate of drug-likeness (QED) is 0.351. The van der Waals surface area contributed by atoms with Crippen LogP contribution in [0.5, 0.6) is 11.5 Å². The van der Waals surface area contributed by atoms with Gasteiger partial charge in [0.15, 0.2) is 22.8 Å². The van der Waals surface area contributed by atoms with Crippen LogP contribution in [0.3, 0.4) is 0 Å². The largest absolute Gasteiger partial charge is 0.493 e. The van der Waals surface area contributed by atoms with Gasteiger partial charge in [0.25, 0.3) is 5.91 Å². The van der Waals surface area contributed by atoms with Gasteiger partial charge < -0.3 is 24.8 Å². The van der Waals surface area contributed by atoms with Crippen LogP contribution in [0.1, 0.15) is 33.3 Å². The number of esters is 1. The summed E-state index contributed by atoms with van der Waals surface area (Å²) in [5, 5.41) is 10.5. The highest BCUT2D eigenvalue weighted by Crippen LogP contribution is 2.27. The second-order valence-corrected chi connectivity index (χ2v) is 7.43. The summed E-state index contributed by atoms with van der Waals surface area (Å²) in [7, 11) is 3.17. The number of ether oxygens (including phenoxy) is 3. The molecular formula is C25H25N5O5. The lowest BCUT2D eigenvalue weighted by atomic mass is 10.2. The van der Waals surface area contributed by atoms with Gasteiger partial charge in [-0.3, -0.25) is 4.79 Å². The van der Waals surface area contributed by atoms with Gasteiger partial charge in [-0.05, 0) is 55.0 Å². The van der Waals surface area contributed by atoms with Crippen LogP contribution < -0.4 is 20.1 Å². The van der Waals surface area contributed by atoms with Gasteiger partial charge >= 0.3 is 5.97 Å². The molecule has 0 unspecified atom stereocenters. The third-order valence-corrected chi connectivity index (χ3v) is 5.15. The van der Waals surface area contributed by atoms with E-state index < -0.39 is 11.9 Å². The molecule has 4 rings (SSSR count). The smallest absolute Gasteiger partial charge is 0.338 e. The number of nitrogens with one attached hydrogen (secondary N) is 2. The van der Waals surface area contributed by atoms with Gasteiger partial charge in [0.2, 0.25) is 0 Å². The predicted octanol–water partition coefficient (Wildman–Crippen LogP) is 3.79. The van der Waals surface area contributed by atoms with Crippen LogP contribution in [0.25, 0.3) is 5.65 Å². The number of methoxy groups -OCH3 is 2. The molecule has 10 nitrogen and oxygen atoms in total. The molecule has 2 aromatic carbocycles. The van der Waals surface area contributed by atoms with Crippen LogP contribution in [0, 0.1) is 0 Å². The van der Waals surface area contributed by atoms with Gasteiger partial charge in [-0.15, -0.1) is 5.10 Å². The van der Waals surface area contributed by atoms with E-state index >= 15 is 0 Å². The fourth-order valence-corrected chi connectivity index (χ4v) is 3.44. The van der Waals surface area contributed by atoms with Crippen molar-refractivity contribution in [2.75, 3.05) is 31.5 Å². The van der Waals surface area contributed by atoms with Gasteiger partial charge in [0.1, 0.15) is 5.82 Å². The van der Waals surface area contributed by atoms with Crippen molar-refractivity contribution in [3.8, 4) is 11.5 Å². The number of imidazole rings is 1. The first-order chi connectivity index (χ1) is 17.0. The highest BCUT2D eigenvalue weighted by atomic mass is 16.5. The molecule has 0 atom stereocenters. The Morgan fingerprint density at radius 3 is 2.60 bits per heavy atom. The monoisotopic (exact) mass is 475 g/mol. The number of aromatic nitrogens is 3. The van der Waals surface area contributed by atoms with E-state index in [1.54, 1.807) is 57.5 Å². The average molecular weight is 476 g/mol. The van der Waals surface area contributed by atoms with Gasteiger partial charge in [-0.25, -0.2) is 14.3 Å². The van der Waals surface area contributed by atoms with E-state index in [1.165, 1.54) is 10.7 Å². The SMILES string of the molecule is CCOC(=O)c1cccc(NC(=O)c2cnc3ccc(NCc4ccc(OC)c(OC)c4)nn23)c1. The molecule has 0 bridgehead atoms. The number of fused-ring (bicyclic) bond motifs is 1. The van der Waals surface area contributed by atoms with Crippen molar-refractivity contribution in [1.29, 1.82) is 0 Å². The second-order valence-electron chi connectivity index (χ2n) is 7.43. The topological polar surface area (TPSA) is 116 Å². The molecule has 0 fully saturated rings. The molecule has 180 valence electrons. The second kappa shape index (κ2) is 10.6. The van der Waals surface area contributed by atoms with Crippen LogP contribution >= 0.6 is 0 Å². The van der Waals surface area contributed by atoms with E-state index in [1.807, 2.05) is 18.2 Å². The lowest BCUT2D eigenvalue weighted by Crippen LogP contribution is -2.16. The van der Waals surface area contributed by atoms with Crippen LogP contribution in [-0.4, -0.2) is 47.3 Å². The zero-order valence-corrected chi connectivity index (χ0v) is 19.6. The highest BCUT2D eigenvalue weighted by Gasteiger charge is 2.15. The first kappa shape index (κ1) is 23.6. The van der Waals surface area contributed by atoms with E-state index in [9.17, 15) is 9.59 Å². The van der Waals surface area contributed by atoms with Gasteiger partial charge in [-0.1, -0.05) is 12.1 Å². The van der Waals surface area contributed by atoms with E-state index in [4.69, 9.17) is 14.2 Å². The summed E-state index contributed by atoms with van der Waals surface area (Å²) < 4.78 is 17.1. The molecular weight excluding hydrogens is 450 g/mol. The Balaban J connectivity index is 1.50. The minimum absolute atomic E-state index is 0.247. The van der Waals surface area contributed by atoms with Crippen molar-refractivity contribution >= 4 is 29.0 Å². The average Bonchev–Trinajstić information content (AvgIpc) is 3.31. The molecule has 10 heteroatoms. The van der Waals surface area contributed by atoms with Crippen molar-refractivity contribution in [2.24, 2.45) is 0 Å². The third kappa shape index (κ3) is 5.32. The van der Waals surface area contributed by atoms with Crippen molar-refractivity contribution in [2.45, 2.75) is 13.5 Å². The number of carbonyl (C=O) groups is 2. The number of benzene rings is 2. The Kier molecular flexibility index (Phi) is 7.10. The Hall–Kier alpha value is -4.60. The van der Waals surface area contributed by atoms with Crippen LogP contribution in [-0.2, 0) is 11.3 Å². The Bertz CT molecular complexity index is 1370. The molecule has 1 amide bonds. The van der Waals surface area contributed by atoms with E-state index in [-0.39, 0.29) is 12.3 Å². The van der Waals surface area contributed by atoms with E-state index in [2.05, 4.69) is 20.7 Å². The molecule has 2 aromatic heterocycles. The fourth-order valence-electron chi connectivity index (χ4n) is 3.44. The molecule has 0 aliphatic heterocycles. The van der Waals surface area contributed by atoms with Crippen molar-refractivity contribution in [3.05, 3.63) is 77.6 Å². The minimum Gasteiger partial charge on any atom is -0.493 e. The van der Waals surface area contributed by atoms with Gasteiger partial charge in [0.05, 0.1) is 32.6 Å². The number of rotatable bonds is 9. The van der Waals surface area contributed by atoms with Crippen LogP contribution in [0.4, 0.5) is 11.5 Å². The lowest BCUT2D eigenvalue weighted by molar-refractivity contribution is 0.0526. The summed E-state index contributed by atoms with van der Waals surface area (Å²) in [5.74, 6) is 0.977. The first-order valence-corrected chi connectivity index (χ1v) is 10.9. The Morgan fingerprint density at radius 2 is 1.83 bits per heavy atom. The summed E-state index contributed by atoms with van der Waals surface area (Å²) in [5.41, 5.74) is 2.54. The highest BCUT2D eigenvalue weighted by molar-refractivity contribution is 6.04. The summed E-state index contributed by atoms with van der Waals surface area (Å²) in [6.07, 6.45) is 1.45. The molecule has 2 heterocycles. The minimum atomic E-state index is -0.453. The van der Waals surface area contributed by atoms with Crippen LogP contribution in [0.15, 0.2) is 60.8 Å². The van der Waals surface area contributed by atoms with Gasteiger partial charge in [0, 0.05) is 12.2 Å². The molecule has 0 saturated heterocycles. The standard InChI is InChI=1S/C25H25N5O5/c1-4-35-25(32)17-6-5-7-18(13-17)28-24(31)19-15-27-23-11-10-22(29-30(19)23)26-14-16-8-9-20(33-2)21(12-16)34-3/h5-13,15H,4,14H2,1-3H3,(H,26,29)(H,28,31). The fraction of sp³-hybridized carbons (Fsp3) is 0.200. The number of hydrogen-bond acceptors (Lipinski definition) is 8. The third-order valence-electron chi connectivity index (χ3n) is 5.15.